The SMILES string of the molecule is CC[C@H](C)NC(=O)[C@@H](C)N(Cc1ccc(C)cc1)C(=O)CCCN(c1cccc(Cl)c1)S(C)(=O)=O. The molecule has 0 unspecified atom stereocenters. The maximum Gasteiger partial charge on any atom is 0.242 e. The van der Waals surface area contributed by atoms with E-state index in [4.69, 9.17) is 11.6 Å². The molecule has 0 aromatic heterocycles. The Hall–Kier alpha value is -2.58. The molecule has 2 amide bonds. The number of hydrogen-bond acceptors (Lipinski definition) is 4. The zero-order valence-corrected chi connectivity index (χ0v) is 22.7. The van der Waals surface area contributed by atoms with Crippen molar-refractivity contribution in [3.63, 3.8) is 0 Å². The van der Waals surface area contributed by atoms with Gasteiger partial charge < -0.3 is 10.2 Å². The number of rotatable bonds is 12. The van der Waals surface area contributed by atoms with E-state index in [1.54, 1.807) is 36.1 Å². The summed E-state index contributed by atoms with van der Waals surface area (Å²) in [7, 11) is -3.57. The van der Waals surface area contributed by atoms with Crippen LogP contribution in [0.15, 0.2) is 48.5 Å². The summed E-state index contributed by atoms with van der Waals surface area (Å²) >= 11 is 6.04. The Labute approximate surface area is 214 Å². The predicted molar refractivity (Wildman–Crippen MR) is 142 cm³/mol. The number of aryl methyl sites for hydroxylation is 1. The van der Waals surface area contributed by atoms with E-state index < -0.39 is 16.1 Å². The highest BCUT2D eigenvalue weighted by Crippen LogP contribution is 2.22. The summed E-state index contributed by atoms with van der Waals surface area (Å²) in [5.41, 5.74) is 2.48. The van der Waals surface area contributed by atoms with E-state index >= 15 is 0 Å². The first-order chi connectivity index (χ1) is 16.4. The van der Waals surface area contributed by atoms with Gasteiger partial charge in [0.2, 0.25) is 21.8 Å². The highest BCUT2D eigenvalue weighted by atomic mass is 35.5. The van der Waals surface area contributed by atoms with Crippen LogP contribution in [0.5, 0.6) is 0 Å². The average molecular weight is 522 g/mol. The van der Waals surface area contributed by atoms with Gasteiger partial charge in [-0.25, -0.2) is 8.42 Å². The predicted octanol–water partition coefficient (Wildman–Crippen LogP) is 4.53. The van der Waals surface area contributed by atoms with E-state index in [1.165, 1.54) is 4.31 Å². The summed E-state index contributed by atoms with van der Waals surface area (Å²) in [6.45, 7) is 8.03. The summed E-state index contributed by atoms with van der Waals surface area (Å²) in [4.78, 5) is 27.7. The lowest BCUT2D eigenvalue weighted by molar-refractivity contribution is -0.140. The molecule has 2 rings (SSSR count). The molecule has 7 nitrogen and oxygen atoms in total. The fourth-order valence-electron chi connectivity index (χ4n) is 3.57. The van der Waals surface area contributed by atoms with Gasteiger partial charge in [0.1, 0.15) is 6.04 Å². The topological polar surface area (TPSA) is 86.8 Å². The van der Waals surface area contributed by atoms with E-state index in [0.717, 1.165) is 23.8 Å². The number of nitrogens with one attached hydrogen (secondary N) is 1. The number of anilines is 1. The van der Waals surface area contributed by atoms with Gasteiger partial charge in [0.15, 0.2) is 0 Å². The van der Waals surface area contributed by atoms with Crippen LogP contribution in [-0.4, -0.2) is 50.0 Å². The normalized spacial score (nSPS) is 13.1. The molecular formula is C26H36ClN3O4S. The van der Waals surface area contributed by atoms with Crippen LogP contribution >= 0.6 is 11.6 Å². The molecule has 2 atom stereocenters. The van der Waals surface area contributed by atoms with Crippen LogP contribution in [0.4, 0.5) is 5.69 Å². The largest absolute Gasteiger partial charge is 0.352 e. The Morgan fingerprint density at radius 1 is 1.09 bits per heavy atom. The summed E-state index contributed by atoms with van der Waals surface area (Å²) in [5, 5.41) is 3.38. The Bertz CT molecular complexity index is 1110. The zero-order valence-electron chi connectivity index (χ0n) is 21.1. The van der Waals surface area contributed by atoms with Gasteiger partial charge in [0, 0.05) is 30.6 Å². The highest BCUT2D eigenvalue weighted by Gasteiger charge is 2.27. The Kier molecular flexibility index (Phi) is 10.6. The first kappa shape index (κ1) is 28.7. The Balaban J connectivity index is 2.16. The molecule has 9 heteroatoms. The van der Waals surface area contributed by atoms with Gasteiger partial charge in [0.25, 0.3) is 0 Å². The van der Waals surface area contributed by atoms with Crippen molar-refractivity contribution in [2.45, 2.75) is 65.6 Å². The van der Waals surface area contributed by atoms with Gasteiger partial charge in [-0.05, 0) is 57.4 Å². The number of amides is 2. The molecule has 35 heavy (non-hydrogen) atoms. The molecule has 2 aromatic rings. The van der Waals surface area contributed by atoms with Gasteiger partial charge in [-0.2, -0.15) is 0 Å². The second-order valence-electron chi connectivity index (χ2n) is 8.92. The smallest absolute Gasteiger partial charge is 0.242 e. The van der Waals surface area contributed by atoms with Crippen molar-refractivity contribution in [2.24, 2.45) is 0 Å². The molecule has 0 aliphatic carbocycles. The fourth-order valence-corrected chi connectivity index (χ4v) is 4.72. The van der Waals surface area contributed by atoms with Crippen LogP contribution in [0.2, 0.25) is 5.02 Å². The second-order valence-corrected chi connectivity index (χ2v) is 11.3. The van der Waals surface area contributed by atoms with Crippen molar-refractivity contribution in [1.29, 1.82) is 0 Å². The molecule has 0 fully saturated rings. The van der Waals surface area contributed by atoms with Crippen molar-refractivity contribution in [3.05, 3.63) is 64.7 Å². The first-order valence-corrected chi connectivity index (χ1v) is 14.0. The average Bonchev–Trinajstić information content (AvgIpc) is 2.79. The number of nitrogens with zero attached hydrogens (tertiary/aromatic N) is 2. The molecule has 0 heterocycles. The maximum atomic E-state index is 13.3. The molecule has 0 spiro atoms. The van der Waals surface area contributed by atoms with Crippen LogP contribution in [0, 0.1) is 6.92 Å². The number of halogens is 1. The lowest BCUT2D eigenvalue weighted by atomic mass is 10.1. The number of sulfonamides is 1. The van der Waals surface area contributed by atoms with Gasteiger partial charge >= 0.3 is 0 Å². The molecule has 1 N–H and O–H groups in total. The fraction of sp³-hybridized carbons (Fsp3) is 0.462. The van der Waals surface area contributed by atoms with E-state index in [0.29, 0.717) is 17.1 Å². The van der Waals surface area contributed by atoms with E-state index in [2.05, 4.69) is 5.32 Å². The van der Waals surface area contributed by atoms with E-state index in [1.807, 2.05) is 45.0 Å². The number of benzene rings is 2. The molecule has 2 aromatic carbocycles. The monoisotopic (exact) mass is 521 g/mol. The van der Waals surface area contributed by atoms with Gasteiger partial charge in [-0.1, -0.05) is 54.4 Å². The van der Waals surface area contributed by atoms with Gasteiger partial charge in [-0.15, -0.1) is 0 Å². The quantitative estimate of drug-likeness (QED) is 0.444. The second kappa shape index (κ2) is 12.9. The molecule has 0 aliphatic heterocycles. The standard InChI is InChI=1S/C26H36ClN3O4S/c1-6-20(3)28-26(32)21(4)29(18-22-14-12-19(2)13-15-22)25(31)11-8-16-30(35(5,33)34)24-10-7-9-23(27)17-24/h7,9-10,12-15,17,20-21H,6,8,11,16,18H2,1-5H3,(H,28,32)/t20-,21+/m0/s1. The third kappa shape index (κ3) is 8.85. The van der Waals surface area contributed by atoms with Crippen LogP contribution in [-0.2, 0) is 26.2 Å². The third-order valence-corrected chi connectivity index (χ3v) is 7.32. The summed E-state index contributed by atoms with van der Waals surface area (Å²) < 4.78 is 26.0. The molecule has 192 valence electrons. The van der Waals surface area contributed by atoms with Crippen molar-refractivity contribution in [3.8, 4) is 0 Å². The molecule has 0 aliphatic rings. The minimum absolute atomic E-state index is 0.00212. The molecule has 0 bridgehead atoms. The lowest BCUT2D eigenvalue weighted by Crippen LogP contribution is -2.49. The Morgan fingerprint density at radius 2 is 1.74 bits per heavy atom. The minimum atomic E-state index is -3.57. The summed E-state index contributed by atoms with van der Waals surface area (Å²) in [6, 6.07) is 13.8. The first-order valence-electron chi connectivity index (χ1n) is 11.8. The number of carbonyl (C=O) groups is 2. The van der Waals surface area contributed by atoms with Crippen molar-refractivity contribution >= 4 is 39.1 Å². The third-order valence-electron chi connectivity index (χ3n) is 5.89. The van der Waals surface area contributed by atoms with Crippen LogP contribution in [0.1, 0.15) is 51.2 Å². The molecule has 0 saturated carbocycles. The van der Waals surface area contributed by atoms with E-state index in [9.17, 15) is 18.0 Å². The highest BCUT2D eigenvalue weighted by molar-refractivity contribution is 7.92. The van der Waals surface area contributed by atoms with Crippen LogP contribution in [0.25, 0.3) is 0 Å². The van der Waals surface area contributed by atoms with Crippen LogP contribution in [0.3, 0.4) is 0 Å². The summed E-state index contributed by atoms with van der Waals surface area (Å²) in [5.74, 6) is -0.423. The van der Waals surface area contributed by atoms with Crippen molar-refractivity contribution < 1.29 is 18.0 Å². The maximum absolute atomic E-state index is 13.3. The van der Waals surface area contributed by atoms with Crippen LogP contribution < -0.4 is 9.62 Å². The number of carbonyl (C=O) groups excluding carboxylic acids is 2. The molecule has 0 radical (unpaired) electrons. The minimum Gasteiger partial charge on any atom is -0.352 e. The molecular weight excluding hydrogens is 486 g/mol. The lowest BCUT2D eigenvalue weighted by Gasteiger charge is -2.30. The summed E-state index contributed by atoms with van der Waals surface area (Å²) in [6.07, 6.45) is 2.30. The van der Waals surface area contributed by atoms with Gasteiger partial charge in [-0.3, -0.25) is 13.9 Å². The van der Waals surface area contributed by atoms with Crippen molar-refractivity contribution in [2.75, 3.05) is 17.1 Å². The van der Waals surface area contributed by atoms with Crippen molar-refractivity contribution in [1.82, 2.24) is 10.2 Å². The zero-order chi connectivity index (χ0) is 26.2. The van der Waals surface area contributed by atoms with E-state index in [-0.39, 0.29) is 37.4 Å². The van der Waals surface area contributed by atoms with Gasteiger partial charge in [0.05, 0.1) is 11.9 Å². The molecule has 0 saturated heterocycles. The number of hydrogen-bond donors (Lipinski definition) is 1. The Morgan fingerprint density at radius 3 is 2.31 bits per heavy atom.